The summed E-state index contributed by atoms with van der Waals surface area (Å²) >= 11 is 0. The molecule has 1 aliphatic heterocycles. The third kappa shape index (κ3) is 2.99. The summed E-state index contributed by atoms with van der Waals surface area (Å²) in [4.78, 5) is 2.51. The van der Waals surface area contributed by atoms with Crippen LogP contribution in [0.3, 0.4) is 0 Å². The van der Waals surface area contributed by atoms with Crippen LogP contribution in [0.25, 0.3) is 0 Å². The van der Waals surface area contributed by atoms with Crippen molar-refractivity contribution in [1.82, 2.24) is 4.90 Å². The van der Waals surface area contributed by atoms with Gasteiger partial charge < -0.3 is 10.5 Å². The first-order valence-corrected chi connectivity index (χ1v) is 6.30. The fraction of sp³-hybridized carbons (Fsp3) is 0.571. The lowest BCUT2D eigenvalue weighted by molar-refractivity contribution is 0.255. The van der Waals surface area contributed by atoms with Crippen molar-refractivity contribution in [3.8, 4) is 5.75 Å². The SMILES string of the molecule is COc1cccc(CN2CC(CN)CC2C)c1. The summed E-state index contributed by atoms with van der Waals surface area (Å²) in [6.45, 7) is 5.21. The van der Waals surface area contributed by atoms with E-state index in [4.69, 9.17) is 10.5 Å². The van der Waals surface area contributed by atoms with E-state index in [0.29, 0.717) is 12.0 Å². The predicted octanol–water partition coefficient (Wildman–Crippen LogP) is 1.86. The van der Waals surface area contributed by atoms with Crippen LogP contribution >= 0.6 is 0 Å². The predicted molar refractivity (Wildman–Crippen MR) is 70.0 cm³/mol. The Hall–Kier alpha value is -1.06. The molecule has 3 heteroatoms. The molecule has 0 spiro atoms. The van der Waals surface area contributed by atoms with Gasteiger partial charge in [-0.1, -0.05) is 12.1 Å². The van der Waals surface area contributed by atoms with Gasteiger partial charge in [-0.15, -0.1) is 0 Å². The first kappa shape index (κ1) is 12.4. The molecule has 17 heavy (non-hydrogen) atoms. The summed E-state index contributed by atoms with van der Waals surface area (Å²) in [5.74, 6) is 1.60. The minimum atomic E-state index is 0.634. The second kappa shape index (κ2) is 5.52. The second-order valence-corrected chi connectivity index (χ2v) is 4.97. The number of likely N-dealkylation sites (tertiary alicyclic amines) is 1. The molecule has 0 aromatic heterocycles. The summed E-state index contributed by atoms with van der Waals surface area (Å²) in [5.41, 5.74) is 7.06. The van der Waals surface area contributed by atoms with Gasteiger partial charge in [0.1, 0.15) is 5.75 Å². The van der Waals surface area contributed by atoms with E-state index in [2.05, 4.69) is 30.0 Å². The minimum Gasteiger partial charge on any atom is -0.497 e. The number of hydrogen-bond acceptors (Lipinski definition) is 3. The molecule has 2 atom stereocenters. The summed E-state index contributed by atoms with van der Waals surface area (Å²) in [6, 6.07) is 8.94. The molecule has 2 unspecified atom stereocenters. The molecule has 0 saturated carbocycles. The quantitative estimate of drug-likeness (QED) is 0.864. The van der Waals surface area contributed by atoms with Crippen LogP contribution in [-0.2, 0) is 6.54 Å². The van der Waals surface area contributed by atoms with Crippen molar-refractivity contribution < 1.29 is 4.74 Å². The highest BCUT2D eigenvalue weighted by molar-refractivity contribution is 5.28. The summed E-state index contributed by atoms with van der Waals surface area (Å²) in [5, 5.41) is 0. The maximum absolute atomic E-state index is 5.75. The van der Waals surface area contributed by atoms with Gasteiger partial charge >= 0.3 is 0 Å². The molecular formula is C14H22N2O. The highest BCUT2D eigenvalue weighted by Gasteiger charge is 2.27. The average molecular weight is 234 g/mol. The largest absolute Gasteiger partial charge is 0.497 e. The van der Waals surface area contributed by atoms with Gasteiger partial charge in [-0.2, -0.15) is 0 Å². The number of ether oxygens (including phenoxy) is 1. The van der Waals surface area contributed by atoms with Crippen molar-refractivity contribution in [2.45, 2.75) is 25.9 Å². The van der Waals surface area contributed by atoms with E-state index in [1.807, 2.05) is 6.07 Å². The Morgan fingerprint density at radius 3 is 2.94 bits per heavy atom. The molecule has 1 aromatic rings. The Morgan fingerprint density at radius 1 is 1.47 bits per heavy atom. The van der Waals surface area contributed by atoms with Gasteiger partial charge in [-0.3, -0.25) is 4.90 Å². The molecule has 1 fully saturated rings. The van der Waals surface area contributed by atoms with E-state index in [-0.39, 0.29) is 0 Å². The molecule has 0 radical (unpaired) electrons. The van der Waals surface area contributed by atoms with Gasteiger partial charge in [0.25, 0.3) is 0 Å². The summed E-state index contributed by atoms with van der Waals surface area (Å²) in [6.07, 6.45) is 1.22. The molecule has 94 valence electrons. The standard InChI is InChI=1S/C14H22N2O/c1-11-6-13(8-15)10-16(11)9-12-4-3-5-14(7-12)17-2/h3-5,7,11,13H,6,8-10,15H2,1-2H3. The lowest BCUT2D eigenvalue weighted by Crippen LogP contribution is -2.27. The molecule has 0 bridgehead atoms. The summed E-state index contributed by atoms with van der Waals surface area (Å²) < 4.78 is 5.25. The van der Waals surface area contributed by atoms with Crippen molar-refractivity contribution in [2.75, 3.05) is 20.2 Å². The minimum absolute atomic E-state index is 0.634. The highest BCUT2D eigenvalue weighted by Crippen LogP contribution is 2.24. The van der Waals surface area contributed by atoms with Crippen LogP contribution in [0.15, 0.2) is 24.3 Å². The number of benzene rings is 1. The lowest BCUT2D eigenvalue weighted by atomic mass is 10.1. The van der Waals surface area contributed by atoms with E-state index in [1.54, 1.807) is 7.11 Å². The molecule has 2 N–H and O–H groups in total. The molecule has 1 heterocycles. The Kier molecular flexibility index (Phi) is 4.02. The Labute approximate surface area is 104 Å². The van der Waals surface area contributed by atoms with Gasteiger partial charge in [0, 0.05) is 19.1 Å². The average Bonchev–Trinajstić information content (AvgIpc) is 2.70. The third-order valence-corrected chi connectivity index (χ3v) is 3.64. The normalized spacial score (nSPS) is 25.1. The summed E-state index contributed by atoms with van der Waals surface area (Å²) in [7, 11) is 1.71. The third-order valence-electron chi connectivity index (χ3n) is 3.64. The number of methoxy groups -OCH3 is 1. The van der Waals surface area contributed by atoms with Crippen molar-refractivity contribution in [2.24, 2.45) is 11.7 Å². The molecule has 3 nitrogen and oxygen atoms in total. The molecule has 2 rings (SSSR count). The van der Waals surface area contributed by atoms with E-state index < -0.39 is 0 Å². The van der Waals surface area contributed by atoms with E-state index >= 15 is 0 Å². The molecule has 1 aromatic carbocycles. The molecule has 0 aliphatic carbocycles. The lowest BCUT2D eigenvalue weighted by Gasteiger charge is -2.21. The monoisotopic (exact) mass is 234 g/mol. The van der Waals surface area contributed by atoms with Crippen molar-refractivity contribution in [3.63, 3.8) is 0 Å². The fourth-order valence-corrected chi connectivity index (χ4v) is 2.61. The topological polar surface area (TPSA) is 38.5 Å². The Balaban J connectivity index is 2.00. The van der Waals surface area contributed by atoms with Crippen LogP contribution in [-0.4, -0.2) is 31.1 Å². The molecular weight excluding hydrogens is 212 g/mol. The van der Waals surface area contributed by atoms with Gasteiger partial charge in [0.15, 0.2) is 0 Å². The van der Waals surface area contributed by atoms with Gasteiger partial charge in [-0.05, 0) is 43.5 Å². The number of rotatable bonds is 4. The number of nitrogens with zero attached hydrogens (tertiary/aromatic N) is 1. The van der Waals surface area contributed by atoms with Crippen molar-refractivity contribution in [1.29, 1.82) is 0 Å². The molecule has 0 amide bonds. The zero-order chi connectivity index (χ0) is 12.3. The zero-order valence-electron chi connectivity index (χ0n) is 10.7. The van der Waals surface area contributed by atoms with Gasteiger partial charge in [-0.25, -0.2) is 0 Å². The molecule has 1 aliphatic rings. The van der Waals surface area contributed by atoms with Crippen LogP contribution in [0.1, 0.15) is 18.9 Å². The zero-order valence-corrected chi connectivity index (χ0v) is 10.7. The maximum atomic E-state index is 5.75. The van der Waals surface area contributed by atoms with E-state index in [1.165, 1.54) is 12.0 Å². The van der Waals surface area contributed by atoms with Crippen molar-refractivity contribution in [3.05, 3.63) is 29.8 Å². The number of nitrogens with two attached hydrogens (primary N) is 1. The van der Waals surface area contributed by atoms with Gasteiger partial charge in [0.2, 0.25) is 0 Å². The van der Waals surface area contributed by atoms with Crippen LogP contribution < -0.4 is 10.5 Å². The van der Waals surface area contributed by atoms with Crippen molar-refractivity contribution >= 4 is 0 Å². The van der Waals surface area contributed by atoms with Crippen LogP contribution in [0.2, 0.25) is 0 Å². The first-order valence-electron chi connectivity index (χ1n) is 6.30. The maximum Gasteiger partial charge on any atom is 0.119 e. The second-order valence-electron chi connectivity index (χ2n) is 4.97. The Morgan fingerprint density at radius 2 is 2.29 bits per heavy atom. The van der Waals surface area contributed by atoms with Crippen LogP contribution in [0, 0.1) is 5.92 Å². The molecule has 1 saturated heterocycles. The Bertz CT molecular complexity index is 367. The number of hydrogen-bond donors (Lipinski definition) is 1. The van der Waals surface area contributed by atoms with E-state index in [0.717, 1.165) is 25.4 Å². The van der Waals surface area contributed by atoms with Crippen LogP contribution in [0.4, 0.5) is 0 Å². The first-order chi connectivity index (χ1) is 8.22. The fourth-order valence-electron chi connectivity index (χ4n) is 2.61. The van der Waals surface area contributed by atoms with Gasteiger partial charge in [0.05, 0.1) is 7.11 Å². The van der Waals surface area contributed by atoms with E-state index in [9.17, 15) is 0 Å². The highest BCUT2D eigenvalue weighted by atomic mass is 16.5. The van der Waals surface area contributed by atoms with Crippen LogP contribution in [0.5, 0.6) is 5.75 Å². The smallest absolute Gasteiger partial charge is 0.119 e.